The van der Waals surface area contributed by atoms with Crippen molar-refractivity contribution in [2.45, 2.75) is 39.5 Å². The maximum atomic E-state index is 2.45. The Hall–Kier alpha value is 0.390. The minimum atomic E-state index is 0.202. The van der Waals surface area contributed by atoms with Gasteiger partial charge in [-0.2, -0.15) is 0 Å². The molecule has 0 bridgehead atoms. The molecule has 0 saturated heterocycles. The van der Waals surface area contributed by atoms with Crippen LogP contribution in [0.3, 0.4) is 0 Å². The first-order chi connectivity index (χ1) is 5.72. The van der Waals surface area contributed by atoms with Gasteiger partial charge in [0.25, 0.3) is 0 Å². The molecule has 0 spiro atoms. The lowest BCUT2D eigenvalue weighted by atomic mass is 10.4. The zero-order valence-electron chi connectivity index (χ0n) is 9.14. The third-order valence-electron chi connectivity index (χ3n) is 2.11. The second kappa shape index (κ2) is 8.01. The summed E-state index contributed by atoms with van der Waals surface area (Å²) in [5.41, 5.74) is 0. The zero-order chi connectivity index (χ0) is 9.40. The minimum absolute atomic E-state index is 0.202. The summed E-state index contributed by atoms with van der Waals surface area (Å²) in [6.07, 6.45) is 8.40. The molecule has 0 rings (SSSR count). The topological polar surface area (TPSA) is 3.24 Å². The van der Waals surface area contributed by atoms with Crippen LogP contribution >= 0.6 is 8.07 Å². The van der Waals surface area contributed by atoms with E-state index in [1.54, 1.807) is 0 Å². The normalized spacial score (nSPS) is 11.5. The van der Waals surface area contributed by atoms with E-state index >= 15 is 0 Å². The van der Waals surface area contributed by atoms with Crippen molar-refractivity contribution < 1.29 is 0 Å². The van der Waals surface area contributed by atoms with E-state index in [-0.39, 0.29) is 8.07 Å². The van der Waals surface area contributed by atoms with Gasteiger partial charge in [-0.05, 0) is 47.3 Å². The molecule has 0 fully saturated rings. The van der Waals surface area contributed by atoms with Crippen LogP contribution in [-0.4, -0.2) is 31.1 Å². The average Bonchev–Trinajstić information content (AvgIpc) is 2.04. The van der Waals surface area contributed by atoms with Crippen LogP contribution in [-0.2, 0) is 0 Å². The van der Waals surface area contributed by atoms with Gasteiger partial charge in [0.05, 0.1) is 0 Å². The standard InChI is InChI=1S/C10H24NP/c1-5-7-9-12(11(3)4)10-8-6-2/h5-10H2,1-4H3. The van der Waals surface area contributed by atoms with Crippen molar-refractivity contribution in [2.24, 2.45) is 0 Å². The minimum Gasteiger partial charge on any atom is -0.288 e. The van der Waals surface area contributed by atoms with Gasteiger partial charge in [-0.15, -0.1) is 0 Å². The number of unbranched alkanes of at least 4 members (excludes halogenated alkanes) is 2. The van der Waals surface area contributed by atoms with Crippen molar-refractivity contribution in [1.29, 1.82) is 0 Å². The van der Waals surface area contributed by atoms with E-state index in [9.17, 15) is 0 Å². The van der Waals surface area contributed by atoms with Crippen molar-refractivity contribution in [1.82, 2.24) is 4.67 Å². The molecule has 0 aliphatic carbocycles. The number of nitrogens with zero attached hydrogens (tertiary/aromatic N) is 1. The quantitative estimate of drug-likeness (QED) is 0.554. The van der Waals surface area contributed by atoms with Gasteiger partial charge >= 0.3 is 0 Å². The van der Waals surface area contributed by atoms with Gasteiger partial charge in [-0.3, -0.25) is 4.67 Å². The first-order valence-electron chi connectivity index (χ1n) is 5.14. The Morgan fingerprint density at radius 2 is 1.33 bits per heavy atom. The molecule has 12 heavy (non-hydrogen) atoms. The fourth-order valence-corrected chi connectivity index (χ4v) is 3.58. The third-order valence-corrected chi connectivity index (χ3v) is 4.90. The van der Waals surface area contributed by atoms with Gasteiger partial charge < -0.3 is 0 Å². The molecule has 0 aromatic heterocycles. The van der Waals surface area contributed by atoms with Crippen LogP contribution < -0.4 is 0 Å². The number of hydrogen-bond acceptors (Lipinski definition) is 1. The molecule has 0 radical (unpaired) electrons. The van der Waals surface area contributed by atoms with E-state index in [1.807, 2.05) is 0 Å². The maximum Gasteiger partial charge on any atom is -0.00972 e. The highest BCUT2D eigenvalue weighted by molar-refractivity contribution is 7.55. The van der Waals surface area contributed by atoms with E-state index in [0.29, 0.717) is 0 Å². The van der Waals surface area contributed by atoms with Gasteiger partial charge in [-0.1, -0.05) is 26.7 Å². The van der Waals surface area contributed by atoms with Crippen molar-refractivity contribution in [3.63, 3.8) is 0 Å². The van der Waals surface area contributed by atoms with E-state index < -0.39 is 0 Å². The second-order valence-corrected chi connectivity index (χ2v) is 6.22. The van der Waals surface area contributed by atoms with Crippen LogP contribution in [0.4, 0.5) is 0 Å². The highest BCUT2D eigenvalue weighted by Gasteiger charge is 2.08. The lowest BCUT2D eigenvalue weighted by Gasteiger charge is -2.24. The van der Waals surface area contributed by atoms with Crippen LogP contribution in [0.15, 0.2) is 0 Å². The molecule has 0 N–H and O–H groups in total. The summed E-state index contributed by atoms with van der Waals surface area (Å²) >= 11 is 0. The van der Waals surface area contributed by atoms with Crippen LogP contribution in [0.5, 0.6) is 0 Å². The molecule has 0 aliphatic rings. The number of hydrogen-bond donors (Lipinski definition) is 0. The van der Waals surface area contributed by atoms with Crippen LogP contribution in [0.2, 0.25) is 0 Å². The molecule has 1 nitrogen and oxygen atoms in total. The largest absolute Gasteiger partial charge is 0.288 e. The Kier molecular flexibility index (Phi) is 8.27. The van der Waals surface area contributed by atoms with E-state index in [0.717, 1.165) is 0 Å². The highest BCUT2D eigenvalue weighted by Crippen LogP contribution is 2.39. The van der Waals surface area contributed by atoms with E-state index in [2.05, 4.69) is 32.6 Å². The third kappa shape index (κ3) is 5.97. The van der Waals surface area contributed by atoms with Crippen molar-refractivity contribution in [3.05, 3.63) is 0 Å². The predicted octanol–water partition coefficient (Wildman–Crippen LogP) is 3.55. The van der Waals surface area contributed by atoms with Crippen molar-refractivity contribution in [2.75, 3.05) is 26.4 Å². The monoisotopic (exact) mass is 189 g/mol. The van der Waals surface area contributed by atoms with Crippen molar-refractivity contribution >= 4 is 8.07 Å². The Bertz CT molecular complexity index is 85.8. The molecule has 0 aromatic rings. The molecule has 0 saturated carbocycles. The Morgan fingerprint density at radius 3 is 1.58 bits per heavy atom. The summed E-state index contributed by atoms with van der Waals surface area (Å²) in [4.78, 5) is 0. The lowest BCUT2D eigenvalue weighted by molar-refractivity contribution is 0.662. The average molecular weight is 189 g/mol. The summed E-state index contributed by atoms with van der Waals surface area (Å²) in [6.45, 7) is 4.56. The summed E-state index contributed by atoms with van der Waals surface area (Å²) < 4.78 is 2.45. The zero-order valence-corrected chi connectivity index (χ0v) is 10.0. The summed E-state index contributed by atoms with van der Waals surface area (Å²) in [7, 11) is 4.67. The van der Waals surface area contributed by atoms with E-state index in [4.69, 9.17) is 0 Å². The molecule has 0 aromatic carbocycles. The molecule has 0 aliphatic heterocycles. The molecule has 0 atom stereocenters. The Morgan fingerprint density at radius 1 is 0.917 bits per heavy atom. The van der Waals surface area contributed by atoms with Gasteiger partial charge in [0, 0.05) is 0 Å². The first kappa shape index (κ1) is 12.4. The molecule has 0 unspecified atom stereocenters. The molecular formula is C10H24NP. The first-order valence-corrected chi connectivity index (χ1v) is 6.81. The maximum absolute atomic E-state index is 2.45. The van der Waals surface area contributed by atoms with Crippen LogP contribution in [0, 0.1) is 0 Å². The Labute approximate surface area is 79.3 Å². The molecule has 2 heteroatoms. The van der Waals surface area contributed by atoms with Gasteiger partial charge in [0.1, 0.15) is 0 Å². The van der Waals surface area contributed by atoms with Gasteiger partial charge in [0.15, 0.2) is 0 Å². The van der Waals surface area contributed by atoms with Crippen molar-refractivity contribution in [3.8, 4) is 0 Å². The molecular weight excluding hydrogens is 165 g/mol. The lowest BCUT2D eigenvalue weighted by Crippen LogP contribution is -2.09. The summed E-state index contributed by atoms with van der Waals surface area (Å²) in [5, 5.41) is 0. The molecule has 0 heterocycles. The molecule has 0 amide bonds. The SMILES string of the molecule is CCCCP(CCCC)N(C)C. The number of rotatable bonds is 7. The second-order valence-electron chi connectivity index (χ2n) is 3.51. The fourth-order valence-electron chi connectivity index (χ4n) is 1.19. The highest BCUT2D eigenvalue weighted by atomic mass is 31.1. The predicted molar refractivity (Wildman–Crippen MR) is 60.2 cm³/mol. The smallest absolute Gasteiger partial charge is 0.00972 e. The molecule has 74 valence electrons. The summed E-state index contributed by atoms with van der Waals surface area (Å²) in [6, 6.07) is 0. The van der Waals surface area contributed by atoms with E-state index in [1.165, 1.54) is 38.0 Å². The van der Waals surface area contributed by atoms with Gasteiger partial charge in [0.2, 0.25) is 0 Å². The Balaban J connectivity index is 3.55. The van der Waals surface area contributed by atoms with Crippen LogP contribution in [0.25, 0.3) is 0 Å². The van der Waals surface area contributed by atoms with Gasteiger partial charge in [-0.25, -0.2) is 0 Å². The van der Waals surface area contributed by atoms with Crippen LogP contribution in [0.1, 0.15) is 39.5 Å². The fraction of sp³-hybridized carbons (Fsp3) is 1.00. The summed E-state index contributed by atoms with van der Waals surface area (Å²) in [5.74, 6) is 0.